The number of hydrazine groups is 1. The van der Waals surface area contributed by atoms with Gasteiger partial charge in [-0.25, -0.2) is 4.98 Å². The van der Waals surface area contributed by atoms with Crippen LogP contribution < -0.4 is 16.2 Å². The van der Waals surface area contributed by atoms with Crippen molar-refractivity contribution in [2.75, 3.05) is 0 Å². The van der Waals surface area contributed by atoms with Crippen LogP contribution in [0.2, 0.25) is 0 Å². The Morgan fingerprint density at radius 3 is 2.43 bits per heavy atom. The van der Waals surface area contributed by atoms with Gasteiger partial charge in [0, 0.05) is 10.8 Å². The number of fused-ring (bicyclic) bond motifs is 1. The summed E-state index contributed by atoms with van der Waals surface area (Å²) in [6.45, 7) is 6.83. The molecule has 1 aromatic carbocycles. The molecule has 0 spiro atoms. The quantitative estimate of drug-likeness (QED) is 0.560. The summed E-state index contributed by atoms with van der Waals surface area (Å²) in [5.41, 5.74) is 5.98. The maximum absolute atomic E-state index is 12.9. The van der Waals surface area contributed by atoms with Crippen LogP contribution in [0, 0.1) is 5.41 Å². The summed E-state index contributed by atoms with van der Waals surface area (Å²) >= 11 is 1.53. The van der Waals surface area contributed by atoms with Crippen molar-refractivity contribution in [1.82, 2.24) is 21.2 Å². The second kappa shape index (κ2) is 8.62. The smallest absolute Gasteiger partial charge is 0.270 e. The molecule has 156 valence electrons. The number of rotatable bonds is 4. The Balaban J connectivity index is 1.77. The summed E-state index contributed by atoms with van der Waals surface area (Å²) in [7, 11) is 0. The Kier molecular flexibility index (Phi) is 6.17. The molecule has 3 amide bonds. The van der Waals surface area contributed by atoms with E-state index in [0.717, 1.165) is 4.88 Å². The van der Waals surface area contributed by atoms with E-state index in [0.29, 0.717) is 22.2 Å². The summed E-state index contributed by atoms with van der Waals surface area (Å²) < 4.78 is 0. The van der Waals surface area contributed by atoms with Crippen LogP contribution >= 0.6 is 11.3 Å². The fourth-order valence-electron chi connectivity index (χ4n) is 2.69. The molecule has 1 atom stereocenters. The zero-order chi connectivity index (χ0) is 21.9. The lowest BCUT2D eigenvalue weighted by atomic mass is 9.95. The number of aromatic nitrogens is 1. The Hall–Kier alpha value is -3.26. The van der Waals surface area contributed by atoms with E-state index in [-0.39, 0.29) is 5.91 Å². The van der Waals surface area contributed by atoms with Crippen LogP contribution in [0.15, 0.2) is 47.8 Å². The lowest BCUT2D eigenvalue weighted by molar-refractivity contribution is -0.133. The number of hydrogen-bond acceptors (Lipinski definition) is 5. The predicted octanol–water partition coefficient (Wildman–Crippen LogP) is 3.28. The maximum atomic E-state index is 12.9. The summed E-state index contributed by atoms with van der Waals surface area (Å²) in [6.07, 6.45) is 0. The predicted molar refractivity (Wildman–Crippen MR) is 118 cm³/mol. The fourth-order valence-corrected chi connectivity index (χ4v) is 3.37. The molecule has 0 fully saturated rings. The highest BCUT2D eigenvalue weighted by Crippen LogP contribution is 2.27. The Morgan fingerprint density at radius 2 is 1.77 bits per heavy atom. The zero-order valence-electron chi connectivity index (χ0n) is 17.3. The van der Waals surface area contributed by atoms with Gasteiger partial charge in [0.25, 0.3) is 11.8 Å². The van der Waals surface area contributed by atoms with Gasteiger partial charge < -0.3 is 5.32 Å². The molecule has 2 aromatic heterocycles. The van der Waals surface area contributed by atoms with Crippen molar-refractivity contribution < 1.29 is 14.4 Å². The van der Waals surface area contributed by atoms with E-state index in [9.17, 15) is 14.4 Å². The average Bonchev–Trinajstić information content (AvgIpc) is 3.25. The van der Waals surface area contributed by atoms with Gasteiger partial charge in [-0.1, -0.05) is 45.0 Å². The molecule has 0 radical (unpaired) electrons. The van der Waals surface area contributed by atoms with E-state index < -0.39 is 23.3 Å². The first-order chi connectivity index (χ1) is 14.2. The third-order valence-corrected chi connectivity index (χ3v) is 5.35. The van der Waals surface area contributed by atoms with E-state index in [4.69, 9.17) is 0 Å². The molecule has 30 heavy (non-hydrogen) atoms. The molecule has 3 aromatic rings. The largest absolute Gasteiger partial charge is 0.344 e. The third-order valence-electron chi connectivity index (χ3n) is 4.46. The number of pyridine rings is 1. The topological polar surface area (TPSA) is 100 Å². The number of nitrogens with zero attached hydrogens (tertiary/aromatic N) is 1. The molecule has 7 nitrogen and oxygen atoms in total. The Morgan fingerprint density at radius 1 is 1.03 bits per heavy atom. The van der Waals surface area contributed by atoms with Gasteiger partial charge in [-0.15, -0.1) is 11.3 Å². The molecule has 0 saturated carbocycles. The molecule has 3 rings (SSSR count). The number of hydrogen-bond donors (Lipinski definition) is 3. The van der Waals surface area contributed by atoms with E-state index >= 15 is 0 Å². The van der Waals surface area contributed by atoms with E-state index in [2.05, 4.69) is 21.2 Å². The highest BCUT2D eigenvalue weighted by atomic mass is 32.1. The second-order valence-electron chi connectivity index (χ2n) is 7.94. The van der Waals surface area contributed by atoms with Crippen molar-refractivity contribution in [3.05, 3.63) is 53.4 Å². The number of benzene rings is 1. The van der Waals surface area contributed by atoms with Crippen molar-refractivity contribution in [2.24, 2.45) is 5.41 Å². The first kappa shape index (κ1) is 21.4. The number of carbonyl (C=O) groups excluding carboxylic acids is 3. The minimum Gasteiger partial charge on any atom is -0.344 e. The highest BCUT2D eigenvalue weighted by molar-refractivity contribution is 7.13. The number of carbonyl (C=O) groups is 3. The van der Waals surface area contributed by atoms with Gasteiger partial charge in [-0.3, -0.25) is 25.2 Å². The van der Waals surface area contributed by atoms with Crippen LogP contribution in [0.25, 0.3) is 21.5 Å². The third kappa shape index (κ3) is 4.83. The van der Waals surface area contributed by atoms with Crippen LogP contribution in [0.5, 0.6) is 0 Å². The summed E-state index contributed by atoms with van der Waals surface area (Å²) in [5, 5.41) is 5.25. The molecule has 0 saturated heterocycles. The van der Waals surface area contributed by atoms with Gasteiger partial charge in [-0.05, 0) is 30.5 Å². The number of nitrogens with one attached hydrogen (secondary N) is 3. The first-order valence-corrected chi connectivity index (χ1v) is 10.4. The molecule has 0 aliphatic carbocycles. The molecule has 0 bridgehead atoms. The number of para-hydroxylation sites is 1. The molecule has 8 heteroatoms. The van der Waals surface area contributed by atoms with Gasteiger partial charge in [0.2, 0.25) is 5.91 Å². The van der Waals surface area contributed by atoms with Crippen LogP contribution in [-0.4, -0.2) is 28.7 Å². The summed E-state index contributed by atoms with van der Waals surface area (Å²) in [4.78, 5) is 42.8. The van der Waals surface area contributed by atoms with Crippen LogP contribution in [0.4, 0.5) is 0 Å². The molecule has 1 unspecified atom stereocenters. The van der Waals surface area contributed by atoms with Crippen molar-refractivity contribution in [2.45, 2.75) is 33.7 Å². The Bertz CT molecular complexity index is 1090. The minimum atomic E-state index is -0.798. The van der Waals surface area contributed by atoms with Crippen LogP contribution in [-0.2, 0) is 9.59 Å². The van der Waals surface area contributed by atoms with E-state index in [1.54, 1.807) is 33.8 Å². The molecule has 0 aliphatic rings. The van der Waals surface area contributed by atoms with Crippen molar-refractivity contribution >= 4 is 40.0 Å². The molecule has 2 heterocycles. The minimum absolute atomic E-state index is 0.253. The molecular formula is C22H24N4O3S. The van der Waals surface area contributed by atoms with Gasteiger partial charge in [0.1, 0.15) is 6.04 Å². The van der Waals surface area contributed by atoms with Crippen LogP contribution in [0.1, 0.15) is 38.1 Å². The number of thiophene rings is 1. The molecular weight excluding hydrogens is 400 g/mol. The second-order valence-corrected chi connectivity index (χ2v) is 8.89. The van der Waals surface area contributed by atoms with Gasteiger partial charge in [0.15, 0.2) is 0 Å². The van der Waals surface area contributed by atoms with Crippen LogP contribution in [0.3, 0.4) is 0 Å². The first-order valence-electron chi connectivity index (χ1n) is 9.51. The number of amides is 3. The van der Waals surface area contributed by atoms with Gasteiger partial charge in [-0.2, -0.15) is 0 Å². The lowest BCUT2D eigenvalue weighted by Gasteiger charge is -2.21. The molecule has 3 N–H and O–H groups in total. The highest BCUT2D eigenvalue weighted by Gasteiger charge is 2.25. The zero-order valence-corrected chi connectivity index (χ0v) is 18.1. The van der Waals surface area contributed by atoms with Crippen molar-refractivity contribution in [1.29, 1.82) is 0 Å². The Labute approximate surface area is 178 Å². The fraction of sp³-hybridized carbons (Fsp3) is 0.273. The average molecular weight is 425 g/mol. The SMILES string of the molecule is CC(NC(=O)C(C)(C)C)C(=O)NNC(=O)c1cc(-c2cccs2)nc2ccccc12. The van der Waals surface area contributed by atoms with Crippen molar-refractivity contribution in [3.63, 3.8) is 0 Å². The lowest BCUT2D eigenvalue weighted by Crippen LogP contribution is -2.52. The van der Waals surface area contributed by atoms with E-state index in [1.165, 1.54) is 11.3 Å². The normalized spacial score (nSPS) is 12.3. The summed E-state index contributed by atoms with van der Waals surface area (Å²) in [6, 6.07) is 12.1. The maximum Gasteiger partial charge on any atom is 0.270 e. The summed E-state index contributed by atoms with van der Waals surface area (Å²) in [5.74, 6) is -1.23. The van der Waals surface area contributed by atoms with E-state index in [1.807, 2.05) is 41.8 Å². The monoisotopic (exact) mass is 424 g/mol. The van der Waals surface area contributed by atoms with Crippen molar-refractivity contribution in [3.8, 4) is 10.6 Å². The van der Waals surface area contributed by atoms with Gasteiger partial charge in [0.05, 0.1) is 21.7 Å². The van der Waals surface area contributed by atoms with Gasteiger partial charge >= 0.3 is 0 Å². The molecule has 0 aliphatic heterocycles. The standard InChI is InChI=1S/C22H24N4O3S/c1-13(23-21(29)22(2,3)4)19(27)25-26-20(28)15-12-17(18-10-7-11-30-18)24-16-9-6-5-8-14(15)16/h5-13H,1-4H3,(H,23,29)(H,25,27)(H,26,28).